The van der Waals surface area contributed by atoms with Crippen LogP contribution >= 0.6 is 15.9 Å². The number of aromatic amines is 1. The Balaban J connectivity index is 1.55. The van der Waals surface area contributed by atoms with Crippen molar-refractivity contribution >= 4 is 43.6 Å². The highest BCUT2D eigenvalue weighted by Crippen LogP contribution is 2.32. The number of rotatable bonds is 5. The Morgan fingerprint density at radius 2 is 1.79 bits per heavy atom. The van der Waals surface area contributed by atoms with E-state index in [1.165, 1.54) is 0 Å². The highest BCUT2D eigenvalue weighted by Gasteiger charge is 2.16. The molecule has 0 aliphatic carbocycles. The van der Waals surface area contributed by atoms with Crippen molar-refractivity contribution in [1.29, 1.82) is 0 Å². The average molecular weight is 499 g/mol. The van der Waals surface area contributed by atoms with Crippen LogP contribution in [0.4, 0.5) is 0 Å². The van der Waals surface area contributed by atoms with Crippen molar-refractivity contribution in [3.05, 3.63) is 99.7 Å². The minimum atomic E-state index is -0.127. The molecule has 0 spiro atoms. The zero-order valence-corrected chi connectivity index (χ0v) is 19.7. The third-order valence-electron chi connectivity index (χ3n) is 5.84. The van der Waals surface area contributed by atoms with Gasteiger partial charge in [-0.3, -0.25) is 4.79 Å². The number of fused-ring (bicyclic) bond motifs is 2. The molecule has 0 saturated heterocycles. The Morgan fingerprint density at radius 3 is 2.58 bits per heavy atom. The van der Waals surface area contributed by atoms with Crippen LogP contribution in [-0.2, 0) is 13.1 Å². The third-order valence-corrected chi connectivity index (χ3v) is 6.33. The van der Waals surface area contributed by atoms with E-state index in [0.29, 0.717) is 18.7 Å². The summed E-state index contributed by atoms with van der Waals surface area (Å²) in [5.74, 6) is -0.127. The standard InChI is InChI=1S/C27H23BrN4O/c1-16-2-8-25-20(10-16)22(27(33)31-14-18-5-3-17(13-29)4-6-18)12-26(32-25)23-15-30-24-9-7-19(28)11-21(23)24/h2-12,15,30H,13-14,29H2,1H3,(H,31,33). The molecule has 0 fully saturated rings. The number of benzene rings is 3. The number of nitrogens with two attached hydrogens (primary N) is 1. The summed E-state index contributed by atoms with van der Waals surface area (Å²) in [6.45, 7) is 2.96. The van der Waals surface area contributed by atoms with Gasteiger partial charge in [0.2, 0.25) is 0 Å². The second-order valence-electron chi connectivity index (χ2n) is 8.17. The maximum absolute atomic E-state index is 13.3. The molecule has 2 aromatic heterocycles. The molecule has 1 amide bonds. The summed E-state index contributed by atoms with van der Waals surface area (Å²) in [6, 6.07) is 21.9. The summed E-state index contributed by atoms with van der Waals surface area (Å²) in [5, 5.41) is 4.96. The summed E-state index contributed by atoms with van der Waals surface area (Å²) in [5.41, 5.74) is 13.0. The Bertz CT molecular complexity index is 1490. The molecule has 3 aromatic carbocycles. The zero-order chi connectivity index (χ0) is 22.9. The lowest BCUT2D eigenvalue weighted by molar-refractivity contribution is 0.0952. The molecular weight excluding hydrogens is 476 g/mol. The lowest BCUT2D eigenvalue weighted by Crippen LogP contribution is -2.23. The van der Waals surface area contributed by atoms with E-state index in [4.69, 9.17) is 10.7 Å². The fraction of sp³-hybridized carbons (Fsp3) is 0.111. The fourth-order valence-electron chi connectivity index (χ4n) is 4.04. The predicted molar refractivity (Wildman–Crippen MR) is 137 cm³/mol. The first-order valence-electron chi connectivity index (χ1n) is 10.8. The first kappa shape index (κ1) is 21.4. The van der Waals surface area contributed by atoms with E-state index < -0.39 is 0 Å². The lowest BCUT2D eigenvalue weighted by atomic mass is 10.0. The molecule has 0 bridgehead atoms. The van der Waals surface area contributed by atoms with Crippen LogP contribution in [0.2, 0.25) is 0 Å². The number of carbonyl (C=O) groups excluding carboxylic acids is 1. The number of H-pyrrole nitrogens is 1. The van der Waals surface area contributed by atoms with Crippen LogP contribution in [0, 0.1) is 6.92 Å². The number of nitrogens with zero attached hydrogens (tertiary/aromatic N) is 1. The molecule has 0 aliphatic rings. The number of halogens is 1. The van der Waals surface area contributed by atoms with Crippen LogP contribution in [0.25, 0.3) is 33.1 Å². The molecule has 164 valence electrons. The van der Waals surface area contributed by atoms with Crippen molar-refractivity contribution in [3.8, 4) is 11.3 Å². The van der Waals surface area contributed by atoms with E-state index >= 15 is 0 Å². The monoisotopic (exact) mass is 498 g/mol. The van der Waals surface area contributed by atoms with Crippen LogP contribution in [0.1, 0.15) is 27.0 Å². The maximum Gasteiger partial charge on any atom is 0.252 e. The average Bonchev–Trinajstić information content (AvgIpc) is 3.25. The van der Waals surface area contributed by atoms with E-state index in [0.717, 1.165) is 54.2 Å². The number of aromatic nitrogens is 2. The van der Waals surface area contributed by atoms with Gasteiger partial charge < -0.3 is 16.0 Å². The number of amides is 1. The van der Waals surface area contributed by atoms with Gasteiger partial charge in [-0.25, -0.2) is 4.98 Å². The number of hydrogen-bond acceptors (Lipinski definition) is 3. The van der Waals surface area contributed by atoms with Crippen molar-refractivity contribution in [2.24, 2.45) is 5.73 Å². The largest absolute Gasteiger partial charge is 0.360 e. The summed E-state index contributed by atoms with van der Waals surface area (Å²) < 4.78 is 0.992. The second kappa shape index (κ2) is 8.81. The Labute approximate surface area is 200 Å². The Kier molecular flexibility index (Phi) is 5.70. The van der Waals surface area contributed by atoms with E-state index in [-0.39, 0.29) is 5.91 Å². The summed E-state index contributed by atoms with van der Waals surface area (Å²) in [4.78, 5) is 21.5. The molecule has 5 aromatic rings. The van der Waals surface area contributed by atoms with Gasteiger partial charge in [-0.2, -0.15) is 0 Å². The molecule has 33 heavy (non-hydrogen) atoms. The van der Waals surface area contributed by atoms with Crippen LogP contribution in [0.5, 0.6) is 0 Å². The minimum absolute atomic E-state index is 0.127. The number of pyridine rings is 1. The molecule has 5 rings (SSSR count). The number of carbonyl (C=O) groups is 1. The first-order chi connectivity index (χ1) is 16.0. The van der Waals surface area contributed by atoms with Gasteiger partial charge in [-0.15, -0.1) is 0 Å². The summed E-state index contributed by atoms with van der Waals surface area (Å²) in [6.07, 6.45) is 1.94. The van der Waals surface area contributed by atoms with Crippen molar-refractivity contribution in [2.45, 2.75) is 20.0 Å². The molecule has 2 heterocycles. The van der Waals surface area contributed by atoms with E-state index in [1.54, 1.807) is 0 Å². The molecule has 0 aliphatic heterocycles. The Morgan fingerprint density at radius 1 is 1.00 bits per heavy atom. The quantitative estimate of drug-likeness (QED) is 0.284. The van der Waals surface area contributed by atoms with E-state index in [1.807, 2.05) is 73.8 Å². The van der Waals surface area contributed by atoms with Gasteiger partial charge in [0, 0.05) is 45.6 Å². The van der Waals surface area contributed by atoms with Crippen molar-refractivity contribution in [3.63, 3.8) is 0 Å². The van der Waals surface area contributed by atoms with E-state index in [2.05, 4.69) is 32.3 Å². The van der Waals surface area contributed by atoms with Crippen LogP contribution in [0.15, 0.2) is 77.4 Å². The van der Waals surface area contributed by atoms with Crippen molar-refractivity contribution in [1.82, 2.24) is 15.3 Å². The predicted octanol–water partition coefficient (Wildman–Crippen LogP) is 5.84. The van der Waals surface area contributed by atoms with Crippen LogP contribution in [-0.4, -0.2) is 15.9 Å². The smallest absolute Gasteiger partial charge is 0.252 e. The van der Waals surface area contributed by atoms with Gasteiger partial charge >= 0.3 is 0 Å². The fourth-order valence-corrected chi connectivity index (χ4v) is 4.40. The summed E-state index contributed by atoms with van der Waals surface area (Å²) >= 11 is 3.56. The van der Waals surface area contributed by atoms with Gasteiger partial charge in [0.15, 0.2) is 0 Å². The number of nitrogens with one attached hydrogen (secondary N) is 2. The number of aryl methyl sites for hydroxylation is 1. The van der Waals surface area contributed by atoms with Crippen LogP contribution in [0.3, 0.4) is 0 Å². The molecule has 0 radical (unpaired) electrons. The highest BCUT2D eigenvalue weighted by atomic mass is 79.9. The molecule has 0 atom stereocenters. The van der Waals surface area contributed by atoms with Gasteiger partial charge in [-0.05, 0) is 54.4 Å². The van der Waals surface area contributed by atoms with Crippen molar-refractivity contribution in [2.75, 3.05) is 0 Å². The molecule has 0 unspecified atom stereocenters. The zero-order valence-electron chi connectivity index (χ0n) is 18.2. The second-order valence-corrected chi connectivity index (χ2v) is 9.09. The van der Waals surface area contributed by atoms with Crippen molar-refractivity contribution < 1.29 is 4.79 Å². The Hall–Kier alpha value is -3.48. The molecule has 0 saturated carbocycles. The topological polar surface area (TPSA) is 83.8 Å². The third kappa shape index (κ3) is 4.27. The number of hydrogen-bond donors (Lipinski definition) is 3. The first-order valence-corrected chi connectivity index (χ1v) is 11.6. The molecule has 6 heteroatoms. The molecule has 4 N–H and O–H groups in total. The lowest BCUT2D eigenvalue weighted by Gasteiger charge is -2.11. The molecular formula is C27H23BrN4O. The summed E-state index contributed by atoms with van der Waals surface area (Å²) in [7, 11) is 0. The van der Waals surface area contributed by atoms with Gasteiger partial charge in [0.1, 0.15) is 0 Å². The van der Waals surface area contributed by atoms with Gasteiger partial charge in [0.25, 0.3) is 5.91 Å². The van der Waals surface area contributed by atoms with Gasteiger partial charge in [0.05, 0.1) is 16.8 Å². The normalized spacial score (nSPS) is 11.2. The molecule has 5 nitrogen and oxygen atoms in total. The SMILES string of the molecule is Cc1ccc2nc(-c3c[nH]c4ccc(Br)cc34)cc(C(=O)NCc3ccc(CN)cc3)c2c1. The highest BCUT2D eigenvalue weighted by molar-refractivity contribution is 9.10. The maximum atomic E-state index is 13.3. The minimum Gasteiger partial charge on any atom is -0.360 e. The van der Waals surface area contributed by atoms with Gasteiger partial charge in [-0.1, -0.05) is 51.8 Å². The van der Waals surface area contributed by atoms with Crippen LogP contribution < -0.4 is 11.1 Å². The van der Waals surface area contributed by atoms with E-state index in [9.17, 15) is 4.79 Å².